The number of alkyl halides is 1. The van der Waals surface area contributed by atoms with Crippen LogP contribution in [-0.2, 0) is 26.5 Å². The molecule has 1 fully saturated rings. The number of aromatic nitrogens is 3. The molecule has 0 amide bonds. The predicted molar refractivity (Wildman–Crippen MR) is 246 cm³/mol. The molecule has 0 bridgehead atoms. The van der Waals surface area contributed by atoms with E-state index in [9.17, 15) is 4.39 Å². The zero-order chi connectivity index (χ0) is 54.9. The molecule has 8 aromatic rings. The van der Waals surface area contributed by atoms with Crippen molar-refractivity contribution in [3.05, 3.63) is 161 Å². The Kier molecular flexibility index (Phi) is 8.35. The number of benzene rings is 4. The van der Waals surface area contributed by atoms with Gasteiger partial charge in [0.1, 0.15) is 5.67 Å². The summed E-state index contributed by atoms with van der Waals surface area (Å²) in [4.78, 5) is 13.1. The topological polar surface area (TPSA) is 51.8 Å². The van der Waals surface area contributed by atoms with Crippen molar-refractivity contribution in [1.29, 1.82) is 0 Å². The van der Waals surface area contributed by atoms with Crippen LogP contribution in [0, 0.1) is 45.0 Å². The van der Waals surface area contributed by atoms with Crippen LogP contribution in [0.2, 0.25) is 0 Å². The molecule has 6 heteroatoms. The first kappa shape index (κ1) is 28.3. The number of aryl methyl sites for hydroxylation is 4. The van der Waals surface area contributed by atoms with Gasteiger partial charge in [0.15, 0.2) is 0 Å². The summed E-state index contributed by atoms with van der Waals surface area (Å²) in [6, 6.07) is 34.7. The monoisotopic (exact) mass is 999 g/mol. The van der Waals surface area contributed by atoms with Crippen molar-refractivity contribution in [2.75, 3.05) is 0 Å². The van der Waals surface area contributed by atoms with Crippen molar-refractivity contribution in [2.24, 2.45) is 5.41 Å². The number of fused-ring (bicyclic) bond motifs is 3. The molecule has 61 heavy (non-hydrogen) atoms. The molecule has 1 saturated carbocycles. The fraction of sp³-hybridized carbons (Fsp3) is 0.291. The second-order valence-corrected chi connectivity index (χ2v) is 16.5. The van der Waals surface area contributed by atoms with E-state index in [1.807, 2.05) is 51.1 Å². The molecule has 0 saturated heterocycles. The molecule has 0 atom stereocenters. The normalized spacial score (nSPS) is 22.4. The summed E-state index contributed by atoms with van der Waals surface area (Å²) < 4.78 is 143. The second kappa shape index (κ2) is 18.0. The van der Waals surface area contributed by atoms with Gasteiger partial charge in [0.25, 0.3) is 0 Å². The zero-order valence-corrected chi connectivity index (χ0v) is 36.7. The van der Waals surface area contributed by atoms with Gasteiger partial charge in [-0.1, -0.05) is 111 Å². The number of pyridine rings is 3. The van der Waals surface area contributed by atoms with E-state index in [4.69, 9.17) is 25.0 Å². The summed E-state index contributed by atoms with van der Waals surface area (Å²) in [5, 5.41) is 1.18. The van der Waals surface area contributed by atoms with E-state index in [0.29, 0.717) is 49.9 Å². The van der Waals surface area contributed by atoms with E-state index in [-0.39, 0.29) is 90.7 Å². The SMILES string of the molecule is [2H]C([2H])([2H])c1c[c-]c(-c2ccc(C([2H])([2H])C(C)(C)C)cn2)cc1-c1ccccc1.[2H]C([2H])([2H])c1ccc2c(n1)oc1c(-c3cc(-c4ccc(C5([2H])CCC(C)(F)CC5)cc4C([2H])([2H])[2H])c(C([2H])([2H])[2H])cn3)[c-]ccc12.[Ir]. The number of hydrogen-bond acceptors (Lipinski definition) is 4. The fourth-order valence-electron chi connectivity index (χ4n) is 7.54. The predicted octanol–water partition coefficient (Wildman–Crippen LogP) is 14.9. The van der Waals surface area contributed by atoms with Gasteiger partial charge in [0.05, 0.1) is 5.58 Å². The molecular formula is C55H54FIrN3O-2. The van der Waals surface area contributed by atoms with Crippen LogP contribution < -0.4 is 0 Å². The Bertz CT molecular complexity index is 3390. The minimum absolute atomic E-state index is 0. The van der Waals surface area contributed by atoms with E-state index in [1.165, 1.54) is 43.5 Å². The molecule has 4 heterocycles. The van der Waals surface area contributed by atoms with Crippen molar-refractivity contribution in [1.82, 2.24) is 15.0 Å². The molecule has 1 radical (unpaired) electrons. The first-order chi connectivity index (χ1) is 34.7. The van der Waals surface area contributed by atoms with E-state index < -0.39 is 50.8 Å². The number of rotatable bonds is 6. The number of furan rings is 1. The zero-order valence-electron chi connectivity index (χ0n) is 49.3. The first-order valence-corrected chi connectivity index (χ1v) is 19.9. The van der Waals surface area contributed by atoms with Crippen LogP contribution in [0.1, 0.15) is 113 Å². The molecule has 0 unspecified atom stereocenters. The summed E-state index contributed by atoms with van der Waals surface area (Å²) in [6.07, 6.45) is 2.00. The number of hydrogen-bond donors (Lipinski definition) is 0. The molecule has 4 aromatic heterocycles. The van der Waals surface area contributed by atoms with E-state index in [0.717, 1.165) is 5.56 Å². The number of nitrogens with zero attached hydrogens (tertiary/aromatic N) is 3. The maximum Gasteiger partial charge on any atom is 0.216 e. The summed E-state index contributed by atoms with van der Waals surface area (Å²) in [6.45, 7) is -2.93. The van der Waals surface area contributed by atoms with Gasteiger partial charge in [-0.3, -0.25) is 0 Å². The van der Waals surface area contributed by atoms with Crippen molar-refractivity contribution in [3.8, 4) is 44.8 Å². The van der Waals surface area contributed by atoms with Crippen molar-refractivity contribution in [3.63, 3.8) is 0 Å². The maximum atomic E-state index is 14.6. The minimum atomic E-state index is -2.67. The average molecular weight is 999 g/mol. The summed E-state index contributed by atoms with van der Waals surface area (Å²) in [5.74, 6) is -1.18. The molecule has 0 aliphatic heterocycles. The molecule has 4 nitrogen and oxygen atoms in total. The summed E-state index contributed by atoms with van der Waals surface area (Å²) in [7, 11) is 0. The van der Waals surface area contributed by atoms with Crippen LogP contribution >= 0.6 is 0 Å². The van der Waals surface area contributed by atoms with E-state index in [1.54, 1.807) is 48.7 Å². The maximum absolute atomic E-state index is 14.6. The average Bonchev–Trinajstić information content (AvgIpc) is 3.72. The smallest absolute Gasteiger partial charge is 0.216 e. The standard InChI is InChI=1S/C32H30FN2O.C23H24N.Ir/c1-19-16-23(22-12-14-32(4,33)15-13-22)9-11-24(19)28-17-29(34-18-20(28)2)27-7-5-6-25-26-10-8-21(3)35-31(26)36-30(25)27;1-17-10-12-20(14-21(17)19-8-6-5-7-9-19)22-13-11-18(16-24-22)15-23(2,3)4;/h5-6,8-11,16-18,22H,12-15H2,1-4H3;5-11,13-14,16H,15H2,1-4H3;/q2*-1;/i1D3,2D3,3D3,22D;1D3,15D2;. The van der Waals surface area contributed by atoms with Gasteiger partial charge in [0, 0.05) is 64.1 Å². The van der Waals surface area contributed by atoms with E-state index >= 15 is 0 Å². The van der Waals surface area contributed by atoms with Gasteiger partial charge in [-0.05, 0) is 133 Å². The molecule has 1 aliphatic carbocycles. The third-order valence-electron chi connectivity index (χ3n) is 10.7. The third kappa shape index (κ3) is 9.93. The second-order valence-electron chi connectivity index (χ2n) is 16.5. The third-order valence-corrected chi connectivity index (χ3v) is 10.7. The molecular weight excluding hydrogens is 930 g/mol. The van der Waals surface area contributed by atoms with Crippen LogP contribution in [0.3, 0.4) is 0 Å². The van der Waals surface area contributed by atoms with Gasteiger partial charge in [-0.25, -0.2) is 9.37 Å². The van der Waals surface area contributed by atoms with Crippen molar-refractivity contribution >= 4 is 22.1 Å². The molecule has 9 rings (SSSR count). The molecule has 0 spiro atoms. The van der Waals surface area contributed by atoms with Gasteiger partial charge >= 0.3 is 0 Å². The Hall–Kier alpha value is -5.29. The first-order valence-electron chi connectivity index (χ1n) is 27.4. The molecule has 1 aliphatic rings. The van der Waals surface area contributed by atoms with Gasteiger partial charge in [-0.15, -0.1) is 47.5 Å². The molecule has 4 aromatic carbocycles. The van der Waals surface area contributed by atoms with Crippen molar-refractivity contribution in [2.45, 2.75) is 98.7 Å². The van der Waals surface area contributed by atoms with Gasteiger partial charge < -0.3 is 14.4 Å². The van der Waals surface area contributed by atoms with Crippen LogP contribution in [0.4, 0.5) is 4.39 Å². The Labute approximate surface area is 395 Å². The quantitative estimate of drug-likeness (QED) is 0.156. The minimum Gasteiger partial charge on any atom is -0.486 e. The van der Waals surface area contributed by atoms with Crippen LogP contribution in [0.25, 0.3) is 66.8 Å². The van der Waals surface area contributed by atoms with Crippen molar-refractivity contribution < 1.29 is 49.5 Å². The largest absolute Gasteiger partial charge is 0.486 e. The Morgan fingerprint density at radius 3 is 2.31 bits per heavy atom. The van der Waals surface area contributed by atoms with Crippen LogP contribution in [0.5, 0.6) is 0 Å². The van der Waals surface area contributed by atoms with E-state index in [2.05, 4.69) is 27.1 Å². The Morgan fingerprint density at radius 2 is 1.59 bits per heavy atom. The number of halogens is 1. The molecule has 0 N–H and O–H groups in total. The van der Waals surface area contributed by atoms with Gasteiger partial charge in [0.2, 0.25) is 5.71 Å². The fourth-order valence-corrected chi connectivity index (χ4v) is 7.54. The van der Waals surface area contributed by atoms with Crippen LogP contribution in [-0.4, -0.2) is 20.6 Å². The summed E-state index contributed by atoms with van der Waals surface area (Å²) >= 11 is 0. The van der Waals surface area contributed by atoms with Gasteiger partial charge in [-0.2, -0.15) is 0 Å². The Balaban J connectivity index is 0.000000242. The Morgan fingerprint density at radius 1 is 0.803 bits per heavy atom. The summed E-state index contributed by atoms with van der Waals surface area (Å²) in [5.41, 5.74) is 2.80. The molecule has 313 valence electrons. The van der Waals surface area contributed by atoms with Crippen LogP contribution in [0.15, 0.2) is 120 Å².